The summed E-state index contributed by atoms with van der Waals surface area (Å²) in [5.41, 5.74) is 0.497. The molecule has 1 aliphatic heterocycles. The first-order chi connectivity index (χ1) is 11.4. The van der Waals surface area contributed by atoms with Gasteiger partial charge in [0.25, 0.3) is 10.1 Å². The highest BCUT2D eigenvalue weighted by Gasteiger charge is 2.31. The van der Waals surface area contributed by atoms with E-state index < -0.39 is 15.7 Å². The van der Waals surface area contributed by atoms with Crippen LogP contribution in [0.25, 0.3) is 0 Å². The number of amides is 1. The van der Waals surface area contributed by atoms with Gasteiger partial charge in [-0.1, -0.05) is 17.7 Å². The first-order valence-corrected chi connectivity index (χ1v) is 9.52. The van der Waals surface area contributed by atoms with Gasteiger partial charge in [-0.2, -0.15) is 8.42 Å². The summed E-state index contributed by atoms with van der Waals surface area (Å²) in [6, 6.07) is 5.94. The van der Waals surface area contributed by atoms with Gasteiger partial charge in [-0.05, 0) is 52.7 Å². The minimum Gasteiger partial charge on any atom is -0.444 e. The van der Waals surface area contributed by atoms with E-state index in [1.54, 1.807) is 17.0 Å². The number of benzene rings is 1. The molecule has 1 aliphatic rings. The van der Waals surface area contributed by atoms with Gasteiger partial charge < -0.3 is 14.7 Å². The average molecular weight is 373 g/mol. The molecule has 0 aromatic heterocycles. The number of carbonyl (C=O) groups is 1. The number of ether oxygens (including phenoxy) is 1. The standard InChI is InChI=1S/C10H19NO3.C7H8O3S/c1-10(2,3)14-9(13)11-6-4-5-8(11)7-12;1-6-2-4-7(5-3-6)11(8,9)10/h8,12H,4-7H2,1-3H3;2-5H,1H3,(H,8,9,10)/t8-;/m0./s1. The van der Waals surface area contributed by atoms with Crippen molar-refractivity contribution >= 4 is 16.2 Å². The lowest BCUT2D eigenvalue weighted by atomic mass is 10.2. The normalized spacial score (nSPS) is 17.7. The highest BCUT2D eigenvalue weighted by Crippen LogP contribution is 2.20. The first kappa shape index (κ1) is 21.4. The van der Waals surface area contributed by atoms with Crippen LogP contribution in [0.15, 0.2) is 29.2 Å². The van der Waals surface area contributed by atoms with Gasteiger partial charge in [0.05, 0.1) is 17.5 Å². The Hall–Kier alpha value is -1.64. The third kappa shape index (κ3) is 7.41. The summed E-state index contributed by atoms with van der Waals surface area (Å²) in [7, 11) is -4.02. The number of hydrogen-bond acceptors (Lipinski definition) is 5. The molecule has 1 atom stereocenters. The molecule has 0 bridgehead atoms. The van der Waals surface area contributed by atoms with Crippen LogP contribution in [-0.2, 0) is 14.9 Å². The van der Waals surface area contributed by atoms with Gasteiger partial charge in [0.1, 0.15) is 5.60 Å². The van der Waals surface area contributed by atoms with E-state index in [1.807, 2.05) is 27.7 Å². The zero-order chi connectivity index (χ0) is 19.3. The predicted molar refractivity (Wildman–Crippen MR) is 94.0 cm³/mol. The number of aryl methyl sites for hydroxylation is 1. The molecule has 1 fully saturated rings. The van der Waals surface area contributed by atoms with Gasteiger partial charge >= 0.3 is 6.09 Å². The van der Waals surface area contributed by atoms with Crippen LogP contribution in [0.2, 0.25) is 0 Å². The topological polar surface area (TPSA) is 104 Å². The van der Waals surface area contributed by atoms with Crippen LogP contribution in [0.3, 0.4) is 0 Å². The van der Waals surface area contributed by atoms with Gasteiger partial charge in [-0.3, -0.25) is 4.55 Å². The molecule has 2 N–H and O–H groups in total. The number of aliphatic hydroxyl groups excluding tert-OH is 1. The van der Waals surface area contributed by atoms with Crippen LogP contribution in [0.1, 0.15) is 39.2 Å². The highest BCUT2D eigenvalue weighted by atomic mass is 32.2. The molecule has 0 saturated carbocycles. The summed E-state index contributed by atoms with van der Waals surface area (Å²) in [6.45, 7) is 8.09. The molecule has 1 heterocycles. The molecule has 25 heavy (non-hydrogen) atoms. The molecule has 0 aliphatic carbocycles. The van der Waals surface area contributed by atoms with E-state index in [2.05, 4.69) is 0 Å². The zero-order valence-electron chi connectivity index (χ0n) is 15.1. The minimum absolute atomic E-state index is 0.0270. The lowest BCUT2D eigenvalue weighted by Crippen LogP contribution is -2.41. The van der Waals surface area contributed by atoms with Gasteiger partial charge in [-0.25, -0.2) is 4.79 Å². The van der Waals surface area contributed by atoms with Gasteiger partial charge in [0.15, 0.2) is 0 Å². The quantitative estimate of drug-likeness (QED) is 0.772. The van der Waals surface area contributed by atoms with Crippen molar-refractivity contribution in [2.75, 3.05) is 13.2 Å². The number of hydrogen-bond donors (Lipinski definition) is 2. The lowest BCUT2D eigenvalue weighted by Gasteiger charge is -2.27. The van der Waals surface area contributed by atoms with E-state index in [9.17, 15) is 13.2 Å². The van der Waals surface area contributed by atoms with Gasteiger partial charge in [0, 0.05) is 6.54 Å². The second-order valence-electron chi connectivity index (χ2n) is 6.94. The first-order valence-electron chi connectivity index (χ1n) is 8.08. The fourth-order valence-electron chi connectivity index (χ4n) is 2.30. The summed E-state index contributed by atoms with van der Waals surface area (Å²) < 4.78 is 34.8. The Bertz CT molecular complexity index is 663. The number of carbonyl (C=O) groups excluding carboxylic acids is 1. The van der Waals surface area contributed by atoms with Crippen molar-refractivity contribution in [3.63, 3.8) is 0 Å². The molecule has 1 aromatic rings. The van der Waals surface area contributed by atoms with Gasteiger partial charge in [-0.15, -0.1) is 0 Å². The van der Waals surface area contributed by atoms with Crippen molar-refractivity contribution in [3.8, 4) is 0 Å². The highest BCUT2D eigenvalue weighted by molar-refractivity contribution is 7.85. The molecule has 0 radical (unpaired) electrons. The largest absolute Gasteiger partial charge is 0.444 e. The van der Waals surface area contributed by atoms with Crippen LogP contribution in [0.5, 0.6) is 0 Å². The average Bonchev–Trinajstić information content (AvgIpc) is 2.94. The Balaban J connectivity index is 0.000000257. The number of nitrogens with zero attached hydrogens (tertiary/aromatic N) is 1. The molecule has 2 rings (SSSR count). The summed E-state index contributed by atoms with van der Waals surface area (Å²) in [5.74, 6) is 0. The third-order valence-electron chi connectivity index (χ3n) is 3.53. The monoisotopic (exact) mass is 373 g/mol. The van der Waals surface area contributed by atoms with Crippen LogP contribution < -0.4 is 0 Å². The van der Waals surface area contributed by atoms with E-state index >= 15 is 0 Å². The summed E-state index contributed by atoms with van der Waals surface area (Å²) in [5, 5.41) is 9.03. The minimum atomic E-state index is -4.02. The molecule has 8 heteroatoms. The number of rotatable bonds is 2. The van der Waals surface area contributed by atoms with Crippen LogP contribution in [0, 0.1) is 6.92 Å². The molecule has 0 spiro atoms. The predicted octanol–water partition coefficient (Wildman–Crippen LogP) is 2.62. The van der Waals surface area contributed by atoms with E-state index in [1.165, 1.54) is 12.1 Å². The van der Waals surface area contributed by atoms with Crippen molar-refractivity contribution in [1.29, 1.82) is 0 Å². The molecule has 0 unspecified atom stereocenters. The molecule has 7 nitrogen and oxygen atoms in total. The van der Waals surface area contributed by atoms with Crippen molar-refractivity contribution in [2.45, 2.75) is 57.1 Å². The fraction of sp³-hybridized carbons (Fsp3) is 0.588. The summed E-state index contributed by atoms with van der Waals surface area (Å²) in [4.78, 5) is 13.2. The molecular formula is C17H27NO6S. The van der Waals surface area contributed by atoms with Crippen molar-refractivity contribution in [2.24, 2.45) is 0 Å². The van der Waals surface area contributed by atoms with Crippen LogP contribution in [0.4, 0.5) is 4.79 Å². The van der Waals surface area contributed by atoms with Crippen molar-refractivity contribution in [3.05, 3.63) is 29.8 Å². The molecule has 1 saturated heterocycles. The summed E-state index contributed by atoms with van der Waals surface area (Å²) >= 11 is 0. The second-order valence-corrected chi connectivity index (χ2v) is 8.36. The fourth-order valence-corrected chi connectivity index (χ4v) is 2.78. The molecular weight excluding hydrogens is 346 g/mol. The van der Waals surface area contributed by atoms with E-state index in [0.29, 0.717) is 6.54 Å². The Morgan fingerprint density at radius 1 is 1.28 bits per heavy atom. The molecule has 1 amide bonds. The van der Waals surface area contributed by atoms with Crippen LogP contribution in [-0.4, -0.2) is 53.9 Å². The van der Waals surface area contributed by atoms with Crippen LogP contribution >= 0.6 is 0 Å². The zero-order valence-corrected chi connectivity index (χ0v) is 15.9. The smallest absolute Gasteiger partial charge is 0.410 e. The van der Waals surface area contributed by atoms with Crippen molar-refractivity contribution < 1.29 is 27.6 Å². The van der Waals surface area contributed by atoms with E-state index in [-0.39, 0.29) is 23.6 Å². The lowest BCUT2D eigenvalue weighted by molar-refractivity contribution is 0.0176. The van der Waals surface area contributed by atoms with Crippen molar-refractivity contribution in [1.82, 2.24) is 4.90 Å². The van der Waals surface area contributed by atoms with E-state index in [0.717, 1.165) is 18.4 Å². The third-order valence-corrected chi connectivity index (χ3v) is 4.40. The maximum absolute atomic E-state index is 11.6. The van der Waals surface area contributed by atoms with Gasteiger partial charge in [0.2, 0.25) is 0 Å². The second kappa shape index (κ2) is 8.64. The molecule has 1 aromatic carbocycles. The van der Waals surface area contributed by atoms with E-state index in [4.69, 9.17) is 14.4 Å². The molecule has 142 valence electrons. The Kier molecular flexibility index (Phi) is 7.40. The Morgan fingerprint density at radius 3 is 2.28 bits per heavy atom. The Morgan fingerprint density at radius 2 is 1.84 bits per heavy atom. The number of aliphatic hydroxyl groups is 1. The number of likely N-dealkylation sites (tertiary alicyclic amines) is 1. The summed E-state index contributed by atoms with van der Waals surface area (Å²) in [6.07, 6.45) is 1.51. The Labute approximate surface area is 149 Å². The SMILES string of the molecule is CC(C)(C)OC(=O)N1CCC[C@H]1CO.Cc1ccc(S(=O)(=O)O)cc1. The maximum Gasteiger partial charge on any atom is 0.410 e. The maximum atomic E-state index is 11.6.